The predicted molar refractivity (Wildman–Crippen MR) is 127 cm³/mol. The monoisotopic (exact) mass is 467 g/mol. The molecule has 2 aliphatic rings. The Labute approximate surface area is 197 Å². The number of amides is 1. The minimum absolute atomic E-state index is 0.0117. The van der Waals surface area contributed by atoms with Crippen LogP contribution in [0.4, 0.5) is 0 Å². The third kappa shape index (κ3) is 4.89. The van der Waals surface area contributed by atoms with E-state index >= 15 is 0 Å². The number of carbonyl (C=O) groups is 1. The van der Waals surface area contributed by atoms with Crippen LogP contribution in [0.3, 0.4) is 0 Å². The first-order chi connectivity index (χ1) is 16.2. The molecule has 8 nitrogen and oxygen atoms in total. The Bertz CT molecular complexity index is 1050. The van der Waals surface area contributed by atoms with E-state index in [-0.39, 0.29) is 12.0 Å². The van der Waals surface area contributed by atoms with Crippen LogP contribution in [0.1, 0.15) is 36.2 Å². The molecule has 1 amide bonds. The maximum absolute atomic E-state index is 13.1. The average Bonchev–Trinajstić information content (AvgIpc) is 3.57. The van der Waals surface area contributed by atoms with Gasteiger partial charge in [0.15, 0.2) is 0 Å². The van der Waals surface area contributed by atoms with Crippen molar-refractivity contribution in [2.45, 2.75) is 37.8 Å². The van der Waals surface area contributed by atoms with Crippen LogP contribution in [0.15, 0.2) is 41.9 Å². The van der Waals surface area contributed by atoms with E-state index in [1.807, 2.05) is 40.6 Å². The Morgan fingerprint density at radius 2 is 1.91 bits per heavy atom. The first-order valence-corrected chi connectivity index (χ1v) is 12.4. The second-order valence-corrected chi connectivity index (χ2v) is 9.40. The molecule has 174 valence electrons. The van der Waals surface area contributed by atoms with E-state index < -0.39 is 0 Å². The number of nitrogens with zero attached hydrogens (tertiary/aromatic N) is 4. The van der Waals surface area contributed by atoms with Gasteiger partial charge in [0.2, 0.25) is 0 Å². The molecule has 0 radical (unpaired) electrons. The van der Waals surface area contributed by atoms with Crippen molar-refractivity contribution in [3.63, 3.8) is 0 Å². The quantitative estimate of drug-likeness (QED) is 0.595. The summed E-state index contributed by atoms with van der Waals surface area (Å²) in [5, 5.41) is 10.00. The largest absolute Gasteiger partial charge is 0.496 e. The molecule has 2 aromatic heterocycles. The van der Waals surface area contributed by atoms with E-state index in [2.05, 4.69) is 20.1 Å². The molecule has 0 bridgehead atoms. The SMILES string of the molecule is COc1ccccc1-c1cc(C(=O)N2CCC(N3CCC(Oc4nccs4)CC3)CC2)[nH]n1. The summed E-state index contributed by atoms with van der Waals surface area (Å²) in [5.74, 6) is 0.752. The second-order valence-electron chi connectivity index (χ2n) is 8.54. The maximum Gasteiger partial charge on any atom is 0.273 e. The van der Waals surface area contributed by atoms with E-state index in [0.29, 0.717) is 17.4 Å². The third-order valence-corrected chi connectivity index (χ3v) is 7.27. The number of methoxy groups -OCH3 is 1. The lowest BCUT2D eigenvalue weighted by atomic mass is 9.98. The lowest BCUT2D eigenvalue weighted by Crippen LogP contribution is -2.50. The number of nitrogens with one attached hydrogen (secondary N) is 1. The molecule has 1 aromatic carbocycles. The van der Waals surface area contributed by atoms with Crippen LogP contribution in [0.5, 0.6) is 10.9 Å². The van der Waals surface area contributed by atoms with Crippen molar-refractivity contribution in [1.29, 1.82) is 0 Å². The normalized spacial score (nSPS) is 18.4. The fourth-order valence-electron chi connectivity index (χ4n) is 4.80. The summed E-state index contributed by atoms with van der Waals surface area (Å²) < 4.78 is 11.4. The molecule has 2 saturated heterocycles. The number of para-hydroxylation sites is 1. The first kappa shape index (κ1) is 21.9. The Balaban J connectivity index is 1.13. The van der Waals surface area contributed by atoms with Crippen molar-refractivity contribution in [2.75, 3.05) is 33.3 Å². The van der Waals surface area contributed by atoms with E-state index in [1.54, 1.807) is 24.6 Å². The molecule has 2 aliphatic heterocycles. The lowest BCUT2D eigenvalue weighted by Gasteiger charge is -2.41. The molecule has 3 aromatic rings. The fraction of sp³-hybridized carbons (Fsp3) is 0.458. The van der Waals surface area contributed by atoms with Crippen molar-refractivity contribution in [3.8, 4) is 22.2 Å². The zero-order valence-electron chi connectivity index (χ0n) is 18.8. The van der Waals surface area contributed by atoms with Crippen molar-refractivity contribution in [3.05, 3.63) is 47.6 Å². The highest BCUT2D eigenvalue weighted by Gasteiger charge is 2.31. The van der Waals surface area contributed by atoms with Gasteiger partial charge in [-0.2, -0.15) is 5.10 Å². The maximum atomic E-state index is 13.1. The smallest absolute Gasteiger partial charge is 0.273 e. The van der Waals surface area contributed by atoms with Gasteiger partial charge in [0, 0.05) is 49.4 Å². The third-order valence-electron chi connectivity index (χ3n) is 6.61. The minimum atomic E-state index is 0.0117. The van der Waals surface area contributed by atoms with Crippen LogP contribution in [-0.4, -0.2) is 76.3 Å². The molecule has 5 rings (SSSR count). The Kier molecular flexibility index (Phi) is 6.59. The number of aromatic nitrogens is 3. The standard InChI is InChI=1S/C24H29N5O3S/c1-31-22-5-3-2-4-19(22)20-16-21(27-26-20)23(30)29-11-6-17(7-12-29)28-13-8-18(9-14-28)32-24-25-10-15-33-24/h2-5,10,15-18H,6-9,11-14H2,1H3,(H,26,27). The zero-order chi connectivity index (χ0) is 22.6. The highest BCUT2D eigenvalue weighted by atomic mass is 32.1. The average molecular weight is 468 g/mol. The van der Waals surface area contributed by atoms with Crippen LogP contribution in [0.2, 0.25) is 0 Å². The summed E-state index contributed by atoms with van der Waals surface area (Å²) in [6.45, 7) is 3.61. The molecule has 1 N–H and O–H groups in total. The highest BCUT2D eigenvalue weighted by Crippen LogP contribution is 2.29. The summed E-state index contributed by atoms with van der Waals surface area (Å²) >= 11 is 1.55. The van der Waals surface area contributed by atoms with Crippen LogP contribution < -0.4 is 9.47 Å². The number of hydrogen-bond donors (Lipinski definition) is 1. The molecular formula is C24H29N5O3S. The fourth-order valence-corrected chi connectivity index (χ4v) is 5.35. The van der Waals surface area contributed by atoms with Gasteiger partial charge in [-0.05, 0) is 43.9 Å². The van der Waals surface area contributed by atoms with Gasteiger partial charge < -0.3 is 14.4 Å². The first-order valence-electron chi connectivity index (χ1n) is 11.5. The van der Waals surface area contributed by atoms with Gasteiger partial charge in [0.25, 0.3) is 11.1 Å². The Morgan fingerprint density at radius 3 is 2.64 bits per heavy atom. The number of thiazole rings is 1. The topological polar surface area (TPSA) is 83.6 Å². The second kappa shape index (κ2) is 9.93. The molecular weight excluding hydrogens is 438 g/mol. The number of rotatable bonds is 6. The van der Waals surface area contributed by atoms with Gasteiger partial charge in [0.05, 0.1) is 12.8 Å². The number of carbonyl (C=O) groups excluding carboxylic acids is 1. The molecule has 0 aliphatic carbocycles. The number of likely N-dealkylation sites (tertiary alicyclic amines) is 2. The molecule has 2 fully saturated rings. The number of hydrogen-bond acceptors (Lipinski definition) is 7. The number of benzene rings is 1. The van der Waals surface area contributed by atoms with Gasteiger partial charge in [-0.15, -0.1) is 0 Å². The van der Waals surface area contributed by atoms with Crippen LogP contribution in [0, 0.1) is 0 Å². The summed E-state index contributed by atoms with van der Waals surface area (Å²) in [6, 6.07) is 10.0. The molecule has 0 atom stereocenters. The van der Waals surface area contributed by atoms with E-state index in [4.69, 9.17) is 9.47 Å². The number of aromatic amines is 1. The summed E-state index contributed by atoms with van der Waals surface area (Å²) in [5.41, 5.74) is 2.11. The van der Waals surface area contributed by atoms with Crippen molar-refractivity contribution >= 4 is 17.2 Å². The zero-order valence-corrected chi connectivity index (χ0v) is 19.6. The van der Waals surface area contributed by atoms with Gasteiger partial charge >= 0.3 is 0 Å². The van der Waals surface area contributed by atoms with Crippen LogP contribution in [-0.2, 0) is 0 Å². The van der Waals surface area contributed by atoms with Gasteiger partial charge in [0.1, 0.15) is 17.5 Å². The van der Waals surface area contributed by atoms with Crippen LogP contribution in [0.25, 0.3) is 11.3 Å². The molecule has 0 spiro atoms. The number of H-pyrrole nitrogens is 1. The molecule has 4 heterocycles. The predicted octanol–water partition coefficient (Wildman–Crippen LogP) is 3.69. The van der Waals surface area contributed by atoms with Crippen molar-refractivity contribution in [1.82, 2.24) is 25.0 Å². The molecule has 0 saturated carbocycles. The van der Waals surface area contributed by atoms with Gasteiger partial charge in [-0.25, -0.2) is 4.98 Å². The Hall–Kier alpha value is -2.91. The molecule has 0 unspecified atom stereocenters. The molecule has 9 heteroatoms. The van der Waals surface area contributed by atoms with E-state index in [9.17, 15) is 4.79 Å². The number of piperidine rings is 2. The van der Waals surface area contributed by atoms with Crippen LogP contribution >= 0.6 is 11.3 Å². The van der Waals surface area contributed by atoms with Gasteiger partial charge in [-0.3, -0.25) is 14.8 Å². The summed E-state index contributed by atoms with van der Waals surface area (Å²) in [6.07, 6.45) is 6.09. The summed E-state index contributed by atoms with van der Waals surface area (Å²) in [4.78, 5) is 21.8. The van der Waals surface area contributed by atoms with Crippen molar-refractivity contribution in [2.24, 2.45) is 0 Å². The Morgan fingerprint density at radius 1 is 1.12 bits per heavy atom. The molecule has 33 heavy (non-hydrogen) atoms. The van der Waals surface area contributed by atoms with Crippen molar-refractivity contribution < 1.29 is 14.3 Å². The van der Waals surface area contributed by atoms with Gasteiger partial charge in [-0.1, -0.05) is 23.5 Å². The number of ether oxygens (including phenoxy) is 2. The highest BCUT2D eigenvalue weighted by molar-refractivity contribution is 7.11. The van der Waals surface area contributed by atoms with E-state index in [0.717, 1.165) is 68.4 Å². The minimum Gasteiger partial charge on any atom is -0.496 e. The van der Waals surface area contributed by atoms with E-state index in [1.165, 1.54) is 0 Å². The lowest BCUT2D eigenvalue weighted by molar-refractivity contribution is 0.0422. The summed E-state index contributed by atoms with van der Waals surface area (Å²) in [7, 11) is 1.64.